The van der Waals surface area contributed by atoms with Gasteiger partial charge in [0.15, 0.2) is 5.76 Å². The molecule has 1 heterocycles. The van der Waals surface area contributed by atoms with Crippen LogP contribution in [0.2, 0.25) is 5.02 Å². The van der Waals surface area contributed by atoms with Gasteiger partial charge in [-0.05, 0) is 60.7 Å². The molecule has 4 rings (SSSR count). The standard InChI is InChI=1S/C23H16ClNO4/c1-28-17-12-8-14(9-13-17)21(26)22-20(18-4-2-3-5-19(18)29-22)25-23(27)15-6-10-16(24)11-7-15/h2-13H,1H3,(H,25,27). The lowest BCUT2D eigenvalue weighted by atomic mass is 10.1. The fourth-order valence-electron chi connectivity index (χ4n) is 2.99. The zero-order valence-corrected chi connectivity index (χ0v) is 16.2. The normalized spacial score (nSPS) is 10.7. The van der Waals surface area contributed by atoms with E-state index < -0.39 is 0 Å². The predicted octanol–water partition coefficient (Wildman–Crippen LogP) is 5.58. The van der Waals surface area contributed by atoms with Crippen LogP contribution in [0.15, 0.2) is 77.2 Å². The maximum absolute atomic E-state index is 13.1. The molecule has 0 atom stereocenters. The van der Waals surface area contributed by atoms with E-state index in [1.165, 1.54) is 0 Å². The lowest BCUT2D eigenvalue weighted by Crippen LogP contribution is -2.14. The first-order valence-electron chi connectivity index (χ1n) is 8.84. The Morgan fingerprint density at radius 1 is 0.897 bits per heavy atom. The largest absolute Gasteiger partial charge is 0.497 e. The molecule has 29 heavy (non-hydrogen) atoms. The number of carbonyl (C=O) groups is 2. The molecule has 0 unspecified atom stereocenters. The van der Waals surface area contributed by atoms with Crippen molar-refractivity contribution in [3.63, 3.8) is 0 Å². The van der Waals surface area contributed by atoms with Crippen molar-refractivity contribution in [2.45, 2.75) is 0 Å². The highest BCUT2D eigenvalue weighted by Gasteiger charge is 2.23. The van der Waals surface area contributed by atoms with E-state index in [0.717, 1.165) is 0 Å². The monoisotopic (exact) mass is 405 g/mol. The smallest absolute Gasteiger partial charge is 0.255 e. The molecule has 0 fully saturated rings. The summed E-state index contributed by atoms with van der Waals surface area (Å²) in [7, 11) is 1.56. The van der Waals surface area contributed by atoms with Gasteiger partial charge in [0.25, 0.3) is 5.91 Å². The summed E-state index contributed by atoms with van der Waals surface area (Å²) in [6.45, 7) is 0. The van der Waals surface area contributed by atoms with E-state index in [9.17, 15) is 9.59 Å². The molecule has 4 aromatic rings. The molecule has 1 aromatic heterocycles. The number of ketones is 1. The highest BCUT2D eigenvalue weighted by atomic mass is 35.5. The summed E-state index contributed by atoms with van der Waals surface area (Å²) < 4.78 is 10.9. The highest BCUT2D eigenvalue weighted by molar-refractivity contribution is 6.30. The summed E-state index contributed by atoms with van der Waals surface area (Å²) in [5, 5.41) is 4.00. The zero-order valence-electron chi connectivity index (χ0n) is 15.4. The summed E-state index contributed by atoms with van der Waals surface area (Å²) >= 11 is 5.89. The van der Waals surface area contributed by atoms with Crippen molar-refractivity contribution in [2.24, 2.45) is 0 Å². The van der Waals surface area contributed by atoms with Crippen molar-refractivity contribution < 1.29 is 18.7 Å². The first-order chi connectivity index (χ1) is 14.1. The Labute approximate surface area is 171 Å². The lowest BCUT2D eigenvalue weighted by molar-refractivity contribution is 0.101. The van der Waals surface area contributed by atoms with Gasteiger partial charge >= 0.3 is 0 Å². The molecule has 0 radical (unpaired) electrons. The van der Waals surface area contributed by atoms with Crippen molar-refractivity contribution in [3.8, 4) is 5.75 Å². The second-order valence-electron chi connectivity index (χ2n) is 6.32. The third-order valence-electron chi connectivity index (χ3n) is 4.50. The highest BCUT2D eigenvalue weighted by Crippen LogP contribution is 2.33. The van der Waals surface area contributed by atoms with Gasteiger partial charge in [-0.1, -0.05) is 23.7 Å². The molecule has 0 saturated heterocycles. The third kappa shape index (κ3) is 3.73. The van der Waals surface area contributed by atoms with Crippen molar-refractivity contribution in [3.05, 3.63) is 94.7 Å². The van der Waals surface area contributed by atoms with Crippen LogP contribution in [-0.2, 0) is 0 Å². The van der Waals surface area contributed by atoms with Crippen LogP contribution in [0.1, 0.15) is 26.5 Å². The van der Waals surface area contributed by atoms with Gasteiger partial charge in [0.1, 0.15) is 11.3 Å². The van der Waals surface area contributed by atoms with Crippen LogP contribution in [0.25, 0.3) is 11.0 Å². The van der Waals surface area contributed by atoms with Gasteiger partial charge < -0.3 is 14.5 Å². The number of methoxy groups -OCH3 is 1. The van der Waals surface area contributed by atoms with E-state index >= 15 is 0 Å². The molecule has 1 amide bonds. The number of ether oxygens (including phenoxy) is 1. The van der Waals surface area contributed by atoms with Crippen LogP contribution in [0.4, 0.5) is 5.69 Å². The van der Waals surface area contributed by atoms with Crippen LogP contribution in [0, 0.1) is 0 Å². The molecule has 3 aromatic carbocycles. The summed E-state index contributed by atoms with van der Waals surface area (Å²) in [5.74, 6) is 0.00774. The number of nitrogens with one attached hydrogen (secondary N) is 1. The predicted molar refractivity (Wildman–Crippen MR) is 112 cm³/mol. The topological polar surface area (TPSA) is 68.5 Å². The van der Waals surface area contributed by atoms with Gasteiger partial charge in [0.05, 0.1) is 12.8 Å². The maximum Gasteiger partial charge on any atom is 0.255 e. The number of benzene rings is 3. The minimum Gasteiger partial charge on any atom is -0.497 e. The third-order valence-corrected chi connectivity index (χ3v) is 4.75. The Hall–Kier alpha value is -3.57. The van der Waals surface area contributed by atoms with Crippen molar-refractivity contribution >= 4 is 39.9 Å². The van der Waals surface area contributed by atoms with E-state index in [1.54, 1.807) is 73.8 Å². The number of anilines is 1. The van der Waals surface area contributed by atoms with Crippen molar-refractivity contribution in [2.75, 3.05) is 12.4 Å². The number of hydrogen-bond donors (Lipinski definition) is 1. The second kappa shape index (κ2) is 7.81. The minimum absolute atomic E-state index is 0.0682. The molecule has 1 N–H and O–H groups in total. The Bertz CT molecular complexity index is 1190. The van der Waals surface area contributed by atoms with Gasteiger partial charge in [-0.2, -0.15) is 0 Å². The van der Waals surface area contributed by atoms with Gasteiger partial charge in [-0.3, -0.25) is 9.59 Å². The average Bonchev–Trinajstić information content (AvgIpc) is 3.12. The first kappa shape index (κ1) is 18.8. The number of rotatable bonds is 5. The number of furan rings is 1. The maximum atomic E-state index is 13.1. The Morgan fingerprint density at radius 2 is 1.55 bits per heavy atom. The van der Waals surface area contributed by atoms with E-state index in [0.29, 0.717) is 38.6 Å². The molecule has 144 valence electrons. The van der Waals surface area contributed by atoms with Gasteiger partial charge in [-0.15, -0.1) is 0 Å². The van der Waals surface area contributed by atoms with Crippen LogP contribution < -0.4 is 10.1 Å². The number of fused-ring (bicyclic) bond motifs is 1. The van der Waals surface area contributed by atoms with Gasteiger partial charge in [-0.25, -0.2) is 0 Å². The minimum atomic E-state index is -0.364. The number of para-hydroxylation sites is 1. The molecular formula is C23H16ClNO4. The summed E-state index contributed by atoms with van der Waals surface area (Å²) in [6, 6.07) is 20.4. The van der Waals surface area contributed by atoms with Crippen LogP contribution in [-0.4, -0.2) is 18.8 Å². The number of halogens is 1. The molecule has 6 heteroatoms. The molecule has 0 aliphatic carbocycles. The number of carbonyl (C=O) groups excluding carboxylic acids is 2. The van der Waals surface area contributed by atoms with E-state index in [-0.39, 0.29) is 17.5 Å². The van der Waals surface area contributed by atoms with Crippen LogP contribution in [0.3, 0.4) is 0 Å². The first-order valence-corrected chi connectivity index (χ1v) is 9.22. The van der Waals surface area contributed by atoms with E-state index in [2.05, 4.69) is 5.32 Å². The molecule has 0 aliphatic rings. The fraction of sp³-hybridized carbons (Fsp3) is 0.0435. The quantitative estimate of drug-likeness (QED) is 0.440. The molecule has 0 aliphatic heterocycles. The average molecular weight is 406 g/mol. The lowest BCUT2D eigenvalue weighted by Gasteiger charge is -2.07. The van der Waals surface area contributed by atoms with Crippen LogP contribution in [0.5, 0.6) is 5.75 Å². The SMILES string of the molecule is COc1ccc(C(=O)c2oc3ccccc3c2NC(=O)c2ccc(Cl)cc2)cc1. The fourth-order valence-corrected chi connectivity index (χ4v) is 3.12. The molecule has 0 bridgehead atoms. The molecule has 5 nitrogen and oxygen atoms in total. The Balaban J connectivity index is 1.75. The zero-order chi connectivity index (χ0) is 20.4. The van der Waals surface area contributed by atoms with E-state index in [1.807, 2.05) is 6.07 Å². The second-order valence-corrected chi connectivity index (χ2v) is 6.76. The molecule has 0 saturated carbocycles. The van der Waals surface area contributed by atoms with Gasteiger partial charge in [0.2, 0.25) is 5.78 Å². The molecular weight excluding hydrogens is 390 g/mol. The number of hydrogen-bond acceptors (Lipinski definition) is 4. The van der Waals surface area contributed by atoms with Crippen molar-refractivity contribution in [1.29, 1.82) is 0 Å². The van der Waals surface area contributed by atoms with Crippen LogP contribution >= 0.6 is 11.6 Å². The Kier molecular flexibility index (Phi) is 5.06. The van der Waals surface area contributed by atoms with Crippen molar-refractivity contribution in [1.82, 2.24) is 0 Å². The van der Waals surface area contributed by atoms with Gasteiger partial charge in [0, 0.05) is 21.5 Å². The number of amides is 1. The molecule has 0 spiro atoms. The summed E-state index contributed by atoms with van der Waals surface area (Å²) in [4.78, 5) is 25.8. The summed E-state index contributed by atoms with van der Waals surface area (Å²) in [5.41, 5.74) is 1.69. The van der Waals surface area contributed by atoms with E-state index in [4.69, 9.17) is 20.8 Å². The summed E-state index contributed by atoms with van der Waals surface area (Å²) in [6.07, 6.45) is 0. The Morgan fingerprint density at radius 3 is 2.24 bits per heavy atom.